The second kappa shape index (κ2) is 10.4. The van der Waals surface area contributed by atoms with Crippen molar-refractivity contribution in [3.63, 3.8) is 0 Å². The number of nitrogens with two attached hydrogens (primary N) is 2. The molecule has 6 rings (SSSR count). The summed E-state index contributed by atoms with van der Waals surface area (Å²) in [5, 5.41) is 21.0. The third-order valence-corrected chi connectivity index (χ3v) is 8.39. The first-order valence-corrected chi connectivity index (χ1v) is 14.8. The van der Waals surface area contributed by atoms with E-state index in [1.165, 1.54) is 17.2 Å². The normalized spacial score (nSPS) is 28.5. The molecule has 40 heavy (non-hydrogen) atoms. The van der Waals surface area contributed by atoms with Gasteiger partial charge in [-0.05, 0) is 17.9 Å². The van der Waals surface area contributed by atoms with E-state index in [0.29, 0.717) is 16.9 Å². The van der Waals surface area contributed by atoms with Crippen molar-refractivity contribution in [1.82, 2.24) is 34.1 Å². The molecule has 4 aromatic rings. The number of rotatable bonds is 8. The van der Waals surface area contributed by atoms with E-state index in [0.717, 1.165) is 0 Å². The predicted molar refractivity (Wildman–Crippen MR) is 142 cm³/mol. The molecule has 0 amide bonds. The van der Waals surface area contributed by atoms with Crippen LogP contribution in [0, 0.1) is 0 Å². The molecule has 7 atom stereocenters. The fourth-order valence-corrected chi connectivity index (χ4v) is 6.37. The lowest BCUT2D eigenvalue weighted by Crippen LogP contribution is -2.27. The quantitative estimate of drug-likeness (QED) is 0.138. The third kappa shape index (κ3) is 4.98. The number of nitrogens with one attached hydrogen (secondary N) is 1. The van der Waals surface area contributed by atoms with Crippen molar-refractivity contribution >= 4 is 52.5 Å². The largest absolute Gasteiger partial charge is 0.394 e. The van der Waals surface area contributed by atoms with Gasteiger partial charge < -0.3 is 49.7 Å². The zero-order chi connectivity index (χ0) is 28.2. The van der Waals surface area contributed by atoms with E-state index >= 15 is 0 Å². The Morgan fingerprint density at radius 2 is 2.02 bits per heavy atom. The van der Waals surface area contributed by atoms with Crippen molar-refractivity contribution in [2.75, 3.05) is 24.7 Å². The lowest BCUT2D eigenvalue weighted by atomic mass is 10.2. The van der Waals surface area contributed by atoms with Crippen LogP contribution in [0.25, 0.3) is 22.2 Å². The summed E-state index contributed by atoms with van der Waals surface area (Å²) >= 11 is 5.25. The summed E-state index contributed by atoms with van der Waals surface area (Å²) in [6.07, 6.45) is -0.0351. The highest BCUT2D eigenvalue weighted by Gasteiger charge is 2.42. The Balaban J connectivity index is 1.15. The summed E-state index contributed by atoms with van der Waals surface area (Å²) in [6.45, 7) is -4.50. The van der Waals surface area contributed by atoms with E-state index in [4.69, 9.17) is 41.8 Å². The van der Waals surface area contributed by atoms with Crippen LogP contribution in [0.5, 0.6) is 0 Å². The molecular weight excluding hydrogens is 569 g/mol. The van der Waals surface area contributed by atoms with E-state index in [9.17, 15) is 19.9 Å². The van der Waals surface area contributed by atoms with Gasteiger partial charge in [-0.3, -0.25) is 14.3 Å². The summed E-state index contributed by atoms with van der Waals surface area (Å²) < 4.78 is 26.4. The molecule has 4 aromatic heterocycles. The van der Waals surface area contributed by atoms with Crippen LogP contribution < -0.4 is 17.0 Å². The van der Waals surface area contributed by atoms with Crippen LogP contribution in [0.1, 0.15) is 25.3 Å². The SMILES string of the molecule is Nc1nc2c(ncn2[C@@H]2O[C@H](CO)CC2OP(O)(=S)OC[C@H]2O[C@@H](n3ccc4c(N)ncnc43)C[C@@H]2O)c(=O)[nH]1. The van der Waals surface area contributed by atoms with Crippen molar-refractivity contribution in [1.29, 1.82) is 0 Å². The minimum atomic E-state index is -3.91. The molecule has 2 aliphatic heterocycles. The molecule has 2 saturated heterocycles. The summed E-state index contributed by atoms with van der Waals surface area (Å²) in [5.74, 6) is 0.203. The number of ether oxygens (including phenoxy) is 2. The number of H-pyrrole nitrogens is 1. The molecule has 0 bridgehead atoms. The van der Waals surface area contributed by atoms with E-state index in [-0.39, 0.29) is 43.2 Å². The van der Waals surface area contributed by atoms with Gasteiger partial charge in [0.15, 0.2) is 17.4 Å². The van der Waals surface area contributed by atoms with Crippen molar-refractivity contribution < 1.29 is 33.6 Å². The van der Waals surface area contributed by atoms with Gasteiger partial charge in [-0.25, -0.2) is 15.0 Å². The van der Waals surface area contributed by atoms with Gasteiger partial charge in [0.05, 0.1) is 37.1 Å². The van der Waals surface area contributed by atoms with Gasteiger partial charge in [-0.2, -0.15) is 4.98 Å². The second-order valence-electron chi connectivity index (χ2n) is 9.40. The predicted octanol–water partition coefficient (Wildman–Crippen LogP) is -0.724. The van der Waals surface area contributed by atoms with Gasteiger partial charge in [-0.1, -0.05) is 0 Å². The molecule has 2 aliphatic rings. The molecule has 17 nitrogen and oxygen atoms in total. The zero-order valence-electron chi connectivity index (χ0n) is 20.7. The fourth-order valence-electron chi connectivity index (χ4n) is 4.93. The number of aromatic amines is 1. The Morgan fingerprint density at radius 3 is 2.83 bits per heavy atom. The maximum atomic E-state index is 12.2. The number of anilines is 2. The molecule has 2 unspecified atom stereocenters. The molecule has 0 aromatic carbocycles. The highest BCUT2D eigenvalue weighted by molar-refractivity contribution is 8.07. The Morgan fingerprint density at radius 1 is 1.20 bits per heavy atom. The Kier molecular flexibility index (Phi) is 7.06. The van der Waals surface area contributed by atoms with Crippen molar-refractivity contribution in [2.45, 2.75) is 49.7 Å². The van der Waals surface area contributed by atoms with Gasteiger partial charge in [0.2, 0.25) is 5.95 Å². The molecular formula is C21H26N9O8PS. The van der Waals surface area contributed by atoms with Crippen LogP contribution in [0.3, 0.4) is 0 Å². The molecule has 8 N–H and O–H groups in total. The van der Waals surface area contributed by atoms with Crippen molar-refractivity contribution in [2.24, 2.45) is 0 Å². The van der Waals surface area contributed by atoms with Crippen molar-refractivity contribution in [3.8, 4) is 0 Å². The number of fused-ring (bicyclic) bond motifs is 2. The topological polar surface area (TPSA) is 244 Å². The lowest BCUT2D eigenvalue weighted by Gasteiger charge is -2.25. The number of aromatic nitrogens is 7. The fraction of sp³-hybridized carbons (Fsp3) is 0.476. The number of aliphatic hydroxyl groups is 2. The molecule has 19 heteroatoms. The van der Waals surface area contributed by atoms with Crippen molar-refractivity contribution in [3.05, 3.63) is 35.3 Å². The average molecular weight is 596 g/mol. The van der Waals surface area contributed by atoms with Gasteiger partial charge >= 0.3 is 6.72 Å². The van der Waals surface area contributed by atoms with Gasteiger partial charge in [0, 0.05) is 19.0 Å². The standard InChI is InChI=1S/C21H26N9O8PS/c22-16-10-1-2-29(17(10)25-7-24-16)14-4-11(32)13(37-14)6-35-39(34,40)38-12-3-9(5-31)36-20(12)30-8-26-15-18(30)27-21(23)28-19(15)33/h1-2,7-9,11-14,20,31-32H,3-6H2,(H,34,40)(H2,22,24,25)(H3,23,27,28,33)/t9-,11-,12?,13+,14+,20+,39?/m0/s1. The second-order valence-corrected chi connectivity index (χ2v) is 12.2. The summed E-state index contributed by atoms with van der Waals surface area (Å²) in [6, 6.07) is 1.76. The van der Waals surface area contributed by atoms with E-state index in [1.54, 1.807) is 16.8 Å². The number of hydrogen-bond acceptors (Lipinski definition) is 14. The van der Waals surface area contributed by atoms with E-state index in [2.05, 4.69) is 24.9 Å². The molecule has 6 heterocycles. The maximum absolute atomic E-state index is 12.2. The van der Waals surface area contributed by atoms with E-state index in [1.807, 2.05) is 0 Å². The van der Waals surface area contributed by atoms with E-state index < -0.39 is 49.1 Å². The van der Waals surface area contributed by atoms with Gasteiger partial charge in [-0.15, -0.1) is 0 Å². The lowest BCUT2D eigenvalue weighted by molar-refractivity contribution is -0.0543. The van der Waals surface area contributed by atoms with Crippen LogP contribution in [0.15, 0.2) is 29.7 Å². The minimum Gasteiger partial charge on any atom is -0.394 e. The third-order valence-electron chi connectivity index (χ3n) is 6.80. The van der Waals surface area contributed by atoms with Crippen LogP contribution >= 0.6 is 6.72 Å². The summed E-state index contributed by atoms with van der Waals surface area (Å²) in [4.78, 5) is 41.9. The van der Waals surface area contributed by atoms with Crippen LogP contribution in [-0.4, -0.2) is 86.8 Å². The molecule has 0 aliphatic carbocycles. The summed E-state index contributed by atoms with van der Waals surface area (Å²) in [5.41, 5.74) is 11.8. The zero-order valence-corrected chi connectivity index (χ0v) is 22.4. The first-order chi connectivity index (χ1) is 19.1. The Hall–Kier alpha value is -3.06. The highest BCUT2D eigenvalue weighted by atomic mass is 32.5. The van der Waals surface area contributed by atoms with Crippen LogP contribution in [0.2, 0.25) is 0 Å². The number of hydrogen-bond donors (Lipinski definition) is 6. The van der Waals surface area contributed by atoms with Crippen LogP contribution in [-0.2, 0) is 30.3 Å². The number of imidazole rings is 1. The molecule has 214 valence electrons. The van der Waals surface area contributed by atoms with Crippen LogP contribution in [0.4, 0.5) is 11.8 Å². The van der Waals surface area contributed by atoms with Gasteiger partial charge in [0.25, 0.3) is 5.56 Å². The average Bonchev–Trinajstić information content (AvgIpc) is 3.68. The minimum absolute atomic E-state index is 0.0234. The molecule has 0 radical (unpaired) electrons. The first kappa shape index (κ1) is 27.1. The Bertz CT molecular complexity index is 1660. The monoisotopic (exact) mass is 595 g/mol. The number of nitrogen functional groups attached to an aromatic ring is 2. The number of aliphatic hydroxyl groups excluding tert-OH is 2. The number of nitrogens with zero attached hydrogens (tertiary/aromatic N) is 6. The first-order valence-electron chi connectivity index (χ1n) is 12.2. The Labute approximate surface area is 229 Å². The molecule has 0 saturated carbocycles. The molecule has 2 fully saturated rings. The maximum Gasteiger partial charge on any atom is 0.325 e. The van der Waals surface area contributed by atoms with Gasteiger partial charge in [0.1, 0.15) is 36.2 Å². The highest BCUT2D eigenvalue weighted by Crippen LogP contribution is 2.50. The smallest absolute Gasteiger partial charge is 0.325 e. The molecule has 0 spiro atoms. The summed E-state index contributed by atoms with van der Waals surface area (Å²) in [7, 11) is 0.